The Morgan fingerprint density at radius 3 is 2.82 bits per heavy atom. The van der Waals surface area contributed by atoms with Gasteiger partial charge in [-0.05, 0) is 24.6 Å². The number of unbranched alkanes of at least 4 members (excludes halogenated alkanes) is 1. The van der Waals surface area contributed by atoms with Crippen LogP contribution in [0.2, 0.25) is 0 Å². The number of carbonyl (C=O) groups is 2. The van der Waals surface area contributed by atoms with Gasteiger partial charge in [-0.3, -0.25) is 9.69 Å². The Morgan fingerprint density at radius 1 is 1.55 bits per heavy atom. The first-order chi connectivity index (χ1) is 10.5. The lowest BCUT2D eigenvalue weighted by Crippen LogP contribution is -2.49. The molecule has 1 aromatic rings. The number of aliphatic carboxylic acids is 1. The van der Waals surface area contributed by atoms with Crippen LogP contribution >= 0.6 is 24.0 Å². The van der Waals surface area contributed by atoms with Crippen LogP contribution in [0, 0.1) is 0 Å². The summed E-state index contributed by atoms with van der Waals surface area (Å²) in [4.78, 5) is 25.5. The fraction of sp³-hybridized carbons (Fsp3) is 0.400. The van der Waals surface area contributed by atoms with Gasteiger partial charge in [0.1, 0.15) is 4.32 Å². The summed E-state index contributed by atoms with van der Waals surface area (Å²) >= 11 is 6.33. The number of hydrogen-bond acceptors (Lipinski definition) is 5. The minimum Gasteiger partial charge on any atom is -0.548 e. The van der Waals surface area contributed by atoms with Crippen molar-refractivity contribution >= 4 is 46.3 Å². The van der Waals surface area contributed by atoms with Crippen molar-refractivity contribution in [2.24, 2.45) is 7.05 Å². The Balaban J connectivity index is 2.26. The predicted octanol–water partition coefficient (Wildman–Crippen LogP) is 1.53. The number of carboxylic acids is 1. The highest BCUT2D eigenvalue weighted by atomic mass is 32.2. The molecule has 1 fully saturated rings. The largest absolute Gasteiger partial charge is 0.548 e. The predicted molar refractivity (Wildman–Crippen MR) is 88.7 cm³/mol. The van der Waals surface area contributed by atoms with Gasteiger partial charge >= 0.3 is 0 Å². The molecular formula is C15H17N2O3S2-. The van der Waals surface area contributed by atoms with E-state index >= 15 is 0 Å². The van der Waals surface area contributed by atoms with Crippen molar-refractivity contribution in [1.29, 1.82) is 0 Å². The van der Waals surface area contributed by atoms with Crippen LogP contribution in [0.25, 0.3) is 6.08 Å². The number of carbonyl (C=O) groups excluding carboxylic acids is 2. The standard InChI is InChI=1S/C15H18N2O3S2/c1-3-4-7-11(14(19)20)17-13(18)12(22-15(17)21)9-10-6-5-8-16(10)2/h5-6,8-9,11H,3-4,7H2,1-2H3,(H,19,20)/p-1/t11-/m0/s1. The second kappa shape index (κ2) is 7.11. The molecule has 22 heavy (non-hydrogen) atoms. The average molecular weight is 337 g/mol. The summed E-state index contributed by atoms with van der Waals surface area (Å²) in [5.41, 5.74) is 0.860. The number of aromatic nitrogens is 1. The fourth-order valence-corrected chi connectivity index (χ4v) is 3.60. The quantitative estimate of drug-likeness (QED) is 0.582. The van der Waals surface area contributed by atoms with Crippen molar-refractivity contribution in [3.05, 3.63) is 28.9 Å². The minimum absolute atomic E-state index is 0.274. The number of amides is 1. The van der Waals surface area contributed by atoms with Crippen molar-refractivity contribution in [2.45, 2.75) is 32.2 Å². The summed E-state index contributed by atoms with van der Waals surface area (Å²) in [6, 6.07) is 2.75. The highest BCUT2D eigenvalue weighted by Gasteiger charge is 2.37. The van der Waals surface area contributed by atoms with E-state index in [0.29, 0.717) is 17.7 Å². The molecule has 7 heteroatoms. The maximum atomic E-state index is 12.5. The van der Waals surface area contributed by atoms with E-state index in [1.54, 1.807) is 6.08 Å². The molecule has 118 valence electrons. The Labute approximate surface area is 139 Å². The number of carboxylic acid groups (broad SMARTS) is 1. The van der Waals surface area contributed by atoms with E-state index in [9.17, 15) is 14.7 Å². The average Bonchev–Trinajstić information content (AvgIpc) is 2.97. The molecule has 0 radical (unpaired) electrons. The van der Waals surface area contributed by atoms with Gasteiger partial charge in [0.2, 0.25) is 0 Å². The molecule has 0 unspecified atom stereocenters. The Morgan fingerprint density at radius 2 is 2.27 bits per heavy atom. The number of rotatable bonds is 6. The summed E-state index contributed by atoms with van der Waals surface area (Å²) < 4.78 is 2.15. The fourth-order valence-electron chi connectivity index (χ4n) is 2.26. The van der Waals surface area contributed by atoms with Crippen LogP contribution in [0.4, 0.5) is 0 Å². The highest BCUT2D eigenvalue weighted by molar-refractivity contribution is 8.26. The number of nitrogens with zero attached hydrogens (tertiary/aromatic N) is 2. The molecule has 1 amide bonds. The number of thiocarbonyl (C=S) groups is 1. The third-order valence-corrected chi connectivity index (χ3v) is 4.83. The molecule has 0 bridgehead atoms. The van der Waals surface area contributed by atoms with Gasteiger partial charge in [0.15, 0.2) is 0 Å². The molecule has 0 aliphatic carbocycles. The van der Waals surface area contributed by atoms with Crippen molar-refractivity contribution in [1.82, 2.24) is 9.47 Å². The monoisotopic (exact) mass is 337 g/mol. The second-order valence-corrected chi connectivity index (χ2v) is 6.75. The summed E-state index contributed by atoms with van der Waals surface area (Å²) in [6.07, 6.45) is 5.50. The van der Waals surface area contributed by atoms with Gasteiger partial charge in [-0.15, -0.1) is 0 Å². The molecule has 5 nitrogen and oxygen atoms in total. The molecule has 0 aromatic carbocycles. The highest BCUT2D eigenvalue weighted by Crippen LogP contribution is 2.34. The zero-order valence-electron chi connectivity index (χ0n) is 12.4. The summed E-state index contributed by atoms with van der Waals surface area (Å²) in [5.74, 6) is -1.62. The van der Waals surface area contributed by atoms with Crippen LogP contribution in [-0.4, -0.2) is 31.7 Å². The summed E-state index contributed by atoms with van der Waals surface area (Å²) in [5, 5.41) is 11.4. The van der Waals surface area contributed by atoms with Gasteiger partial charge in [-0.2, -0.15) is 0 Å². The molecule has 2 heterocycles. The van der Waals surface area contributed by atoms with E-state index in [-0.39, 0.29) is 10.2 Å². The van der Waals surface area contributed by atoms with Crippen LogP contribution < -0.4 is 5.11 Å². The van der Waals surface area contributed by atoms with Gasteiger partial charge in [0.05, 0.1) is 16.9 Å². The lowest BCUT2D eigenvalue weighted by atomic mass is 10.1. The van der Waals surface area contributed by atoms with Gasteiger partial charge in [-0.25, -0.2) is 0 Å². The maximum absolute atomic E-state index is 12.5. The van der Waals surface area contributed by atoms with E-state index in [0.717, 1.165) is 23.9 Å². The molecule has 1 aliphatic rings. The van der Waals surface area contributed by atoms with E-state index in [1.165, 1.54) is 4.90 Å². The van der Waals surface area contributed by atoms with Gasteiger partial charge in [0, 0.05) is 18.9 Å². The number of aryl methyl sites for hydroxylation is 1. The van der Waals surface area contributed by atoms with Gasteiger partial charge < -0.3 is 14.5 Å². The van der Waals surface area contributed by atoms with Crippen LogP contribution in [-0.2, 0) is 16.6 Å². The van der Waals surface area contributed by atoms with E-state index in [4.69, 9.17) is 12.2 Å². The maximum Gasteiger partial charge on any atom is 0.266 e. The van der Waals surface area contributed by atoms with Crippen LogP contribution in [0.15, 0.2) is 23.2 Å². The molecule has 0 saturated carbocycles. The van der Waals surface area contributed by atoms with Crippen molar-refractivity contribution in [3.8, 4) is 0 Å². The number of thioether (sulfide) groups is 1. The van der Waals surface area contributed by atoms with E-state index < -0.39 is 12.0 Å². The summed E-state index contributed by atoms with van der Waals surface area (Å²) in [6.45, 7) is 1.96. The molecule has 2 rings (SSSR count). The van der Waals surface area contributed by atoms with Crippen molar-refractivity contribution in [3.63, 3.8) is 0 Å². The Hall–Kier alpha value is -1.60. The van der Waals surface area contributed by atoms with Crippen LogP contribution in [0.5, 0.6) is 0 Å². The van der Waals surface area contributed by atoms with Crippen LogP contribution in [0.1, 0.15) is 31.9 Å². The molecule has 0 spiro atoms. The lowest BCUT2D eigenvalue weighted by Gasteiger charge is -2.27. The first-order valence-corrected chi connectivity index (χ1v) is 8.27. The molecule has 0 N–H and O–H groups in total. The second-order valence-electron chi connectivity index (χ2n) is 5.07. The smallest absolute Gasteiger partial charge is 0.266 e. The third kappa shape index (κ3) is 3.41. The van der Waals surface area contributed by atoms with E-state index in [2.05, 4.69) is 0 Å². The first kappa shape index (κ1) is 16.8. The molecule has 1 aromatic heterocycles. The lowest BCUT2D eigenvalue weighted by molar-refractivity contribution is -0.310. The zero-order chi connectivity index (χ0) is 16.3. The van der Waals surface area contributed by atoms with Crippen LogP contribution in [0.3, 0.4) is 0 Å². The minimum atomic E-state index is -1.26. The molecule has 1 aliphatic heterocycles. The van der Waals surface area contributed by atoms with Gasteiger partial charge in [-0.1, -0.05) is 43.7 Å². The third-order valence-electron chi connectivity index (χ3n) is 3.50. The Bertz CT molecular complexity index is 636. The summed E-state index contributed by atoms with van der Waals surface area (Å²) in [7, 11) is 1.87. The Kier molecular flexibility index (Phi) is 5.42. The molecule has 1 saturated heterocycles. The normalized spacial score (nSPS) is 18.3. The SMILES string of the molecule is CCCC[C@@H](C(=O)[O-])N1C(=O)C(=Cc2cccn2C)SC1=S. The zero-order valence-corrected chi connectivity index (χ0v) is 14.1. The van der Waals surface area contributed by atoms with Gasteiger partial charge in [0.25, 0.3) is 5.91 Å². The topological polar surface area (TPSA) is 65.4 Å². The van der Waals surface area contributed by atoms with Crippen molar-refractivity contribution < 1.29 is 14.7 Å². The number of hydrogen-bond donors (Lipinski definition) is 0. The first-order valence-electron chi connectivity index (χ1n) is 7.05. The molecular weight excluding hydrogens is 320 g/mol. The molecule has 1 atom stereocenters. The van der Waals surface area contributed by atoms with E-state index in [1.807, 2.05) is 36.9 Å². The van der Waals surface area contributed by atoms with Crippen molar-refractivity contribution in [2.75, 3.05) is 0 Å².